The molecule has 1 fully saturated rings. The molecular formula is C11H21N3O2S. The third kappa shape index (κ3) is 4.62. The Morgan fingerprint density at radius 3 is 2.59 bits per heavy atom. The van der Waals surface area contributed by atoms with Gasteiger partial charge in [0.2, 0.25) is 0 Å². The first kappa shape index (κ1) is 14.4. The SMILES string of the molecule is CC(C)NC(C#N)CN(C)C1CCS(=O)(=O)C1. The predicted molar refractivity (Wildman–Crippen MR) is 67.4 cm³/mol. The molecule has 17 heavy (non-hydrogen) atoms. The van der Waals surface area contributed by atoms with E-state index in [0.29, 0.717) is 13.0 Å². The van der Waals surface area contributed by atoms with Crippen molar-refractivity contribution in [2.24, 2.45) is 0 Å². The van der Waals surface area contributed by atoms with Crippen LogP contribution in [0.5, 0.6) is 0 Å². The van der Waals surface area contributed by atoms with Crippen molar-refractivity contribution in [3.8, 4) is 6.07 Å². The summed E-state index contributed by atoms with van der Waals surface area (Å²) in [7, 11) is -0.964. The summed E-state index contributed by atoms with van der Waals surface area (Å²) in [6.07, 6.45) is 0.679. The van der Waals surface area contributed by atoms with Crippen LogP contribution in [-0.4, -0.2) is 56.5 Å². The average Bonchev–Trinajstić information content (AvgIpc) is 2.57. The summed E-state index contributed by atoms with van der Waals surface area (Å²) in [5, 5.41) is 12.2. The van der Waals surface area contributed by atoms with Crippen LogP contribution in [0.4, 0.5) is 0 Å². The van der Waals surface area contributed by atoms with E-state index in [0.717, 1.165) is 0 Å². The van der Waals surface area contributed by atoms with Crippen LogP contribution in [0.25, 0.3) is 0 Å². The largest absolute Gasteiger partial charge is 0.300 e. The first-order valence-electron chi connectivity index (χ1n) is 5.90. The van der Waals surface area contributed by atoms with E-state index in [1.54, 1.807) is 0 Å². The van der Waals surface area contributed by atoms with Crippen LogP contribution in [-0.2, 0) is 9.84 Å². The standard InChI is InChI=1S/C11H21N3O2S/c1-9(2)13-10(6-12)7-14(3)11-4-5-17(15,16)8-11/h9-11,13H,4-5,7-8H2,1-3H3. The van der Waals surface area contributed by atoms with Crippen molar-refractivity contribution in [1.82, 2.24) is 10.2 Å². The molecule has 0 aromatic carbocycles. The molecule has 5 nitrogen and oxygen atoms in total. The van der Waals surface area contributed by atoms with Crippen molar-refractivity contribution < 1.29 is 8.42 Å². The monoisotopic (exact) mass is 259 g/mol. The van der Waals surface area contributed by atoms with Crippen molar-refractivity contribution in [2.45, 2.75) is 38.4 Å². The van der Waals surface area contributed by atoms with Gasteiger partial charge >= 0.3 is 0 Å². The molecule has 1 rings (SSSR count). The molecule has 1 heterocycles. The van der Waals surface area contributed by atoms with Gasteiger partial charge in [0.15, 0.2) is 9.84 Å². The van der Waals surface area contributed by atoms with Gasteiger partial charge in [0, 0.05) is 18.6 Å². The summed E-state index contributed by atoms with van der Waals surface area (Å²) in [6, 6.07) is 2.27. The first-order chi connectivity index (χ1) is 7.84. The van der Waals surface area contributed by atoms with E-state index in [1.807, 2.05) is 25.8 Å². The second-order valence-corrected chi connectivity index (χ2v) is 7.23. The number of hydrogen-bond donors (Lipinski definition) is 1. The molecule has 0 saturated carbocycles. The van der Waals surface area contributed by atoms with Gasteiger partial charge in [-0.05, 0) is 27.3 Å². The van der Waals surface area contributed by atoms with Crippen molar-refractivity contribution >= 4 is 9.84 Å². The maximum absolute atomic E-state index is 11.4. The van der Waals surface area contributed by atoms with Gasteiger partial charge in [-0.15, -0.1) is 0 Å². The third-order valence-corrected chi connectivity index (χ3v) is 4.74. The third-order valence-electron chi connectivity index (χ3n) is 2.99. The Morgan fingerprint density at radius 1 is 1.53 bits per heavy atom. The maximum Gasteiger partial charge on any atom is 0.151 e. The molecule has 98 valence electrons. The van der Waals surface area contributed by atoms with Gasteiger partial charge in [0.1, 0.15) is 6.04 Å². The number of rotatable bonds is 5. The van der Waals surface area contributed by atoms with Crippen LogP contribution in [0.3, 0.4) is 0 Å². The van der Waals surface area contributed by atoms with Gasteiger partial charge in [-0.1, -0.05) is 0 Å². The zero-order valence-electron chi connectivity index (χ0n) is 10.7. The average molecular weight is 259 g/mol. The Morgan fingerprint density at radius 2 is 2.18 bits per heavy atom. The first-order valence-corrected chi connectivity index (χ1v) is 7.72. The molecule has 2 unspecified atom stereocenters. The van der Waals surface area contributed by atoms with E-state index >= 15 is 0 Å². The lowest BCUT2D eigenvalue weighted by Gasteiger charge is -2.26. The fourth-order valence-electron chi connectivity index (χ4n) is 2.09. The minimum Gasteiger partial charge on any atom is -0.300 e. The lowest BCUT2D eigenvalue weighted by atomic mass is 10.2. The highest BCUT2D eigenvalue weighted by Gasteiger charge is 2.31. The molecule has 1 N–H and O–H groups in total. The summed E-state index contributed by atoms with van der Waals surface area (Å²) in [6.45, 7) is 4.55. The van der Waals surface area contributed by atoms with Crippen LogP contribution >= 0.6 is 0 Å². The molecule has 0 radical (unpaired) electrons. The number of nitrogens with zero attached hydrogens (tertiary/aromatic N) is 2. The van der Waals surface area contributed by atoms with Crippen molar-refractivity contribution in [1.29, 1.82) is 5.26 Å². The van der Waals surface area contributed by atoms with Gasteiger partial charge in [0.25, 0.3) is 0 Å². The number of nitriles is 1. The Labute approximate surface area is 104 Å². The van der Waals surface area contributed by atoms with Gasteiger partial charge in [-0.25, -0.2) is 8.42 Å². The van der Waals surface area contributed by atoms with Crippen LogP contribution < -0.4 is 5.32 Å². The molecule has 0 amide bonds. The molecule has 6 heteroatoms. The fraction of sp³-hybridized carbons (Fsp3) is 0.909. The Hall–Kier alpha value is -0.640. The zero-order chi connectivity index (χ0) is 13.1. The molecule has 0 aliphatic carbocycles. The topological polar surface area (TPSA) is 73.2 Å². The smallest absolute Gasteiger partial charge is 0.151 e. The van der Waals surface area contributed by atoms with E-state index < -0.39 is 9.84 Å². The highest BCUT2D eigenvalue weighted by molar-refractivity contribution is 7.91. The second-order valence-electron chi connectivity index (χ2n) is 5.00. The molecular weight excluding hydrogens is 238 g/mol. The van der Waals surface area contributed by atoms with E-state index in [1.165, 1.54) is 0 Å². The molecule has 0 aromatic heterocycles. The highest BCUT2D eigenvalue weighted by atomic mass is 32.2. The number of sulfone groups is 1. The summed E-state index contributed by atoms with van der Waals surface area (Å²) >= 11 is 0. The van der Waals surface area contributed by atoms with Crippen LogP contribution in [0, 0.1) is 11.3 Å². The van der Waals surface area contributed by atoms with Gasteiger partial charge < -0.3 is 0 Å². The van der Waals surface area contributed by atoms with Crippen molar-refractivity contribution in [3.05, 3.63) is 0 Å². The van der Waals surface area contributed by atoms with E-state index in [-0.39, 0.29) is 29.6 Å². The lowest BCUT2D eigenvalue weighted by molar-refractivity contribution is 0.243. The molecule has 1 aliphatic heterocycles. The molecule has 1 aliphatic rings. The zero-order valence-corrected chi connectivity index (χ0v) is 11.5. The summed E-state index contributed by atoms with van der Waals surface area (Å²) in [5.74, 6) is 0.500. The maximum atomic E-state index is 11.4. The number of nitrogens with one attached hydrogen (secondary N) is 1. The van der Waals surface area contributed by atoms with Crippen LogP contribution in [0.2, 0.25) is 0 Å². The van der Waals surface area contributed by atoms with E-state index in [9.17, 15) is 8.42 Å². The Kier molecular flexibility index (Phi) is 4.92. The van der Waals surface area contributed by atoms with Crippen LogP contribution in [0.15, 0.2) is 0 Å². The lowest BCUT2D eigenvalue weighted by Crippen LogP contribution is -2.45. The highest BCUT2D eigenvalue weighted by Crippen LogP contribution is 2.16. The van der Waals surface area contributed by atoms with E-state index in [2.05, 4.69) is 11.4 Å². The predicted octanol–water partition coefficient (Wildman–Crippen LogP) is -0.00452. The normalized spacial score (nSPS) is 25.1. The quantitative estimate of drug-likeness (QED) is 0.752. The Balaban J connectivity index is 2.49. The molecule has 1 saturated heterocycles. The van der Waals surface area contributed by atoms with Gasteiger partial charge in [0.05, 0.1) is 17.6 Å². The number of hydrogen-bond acceptors (Lipinski definition) is 5. The molecule has 0 bridgehead atoms. The van der Waals surface area contributed by atoms with Crippen LogP contribution in [0.1, 0.15) is 20.3 Å². The van der Waals surface area contributed by atoms with Gasteiger partial charge in [-0.3, -0.25) is 10.2 Å². The fourth-order valence-corrected chi connectivity index (χ4v) is 3.90. The summed E-state index contributed by atoms with van der Waals surface area (Å²) in [5.41, 5.74) is 0. The summed E-state index contributed by atoms with van der Waals surface area (Å²) in [4.78, 5) is 1.98. The van der Waals surface area contributed by atoms with Gasteiger partial charge in [-0.2, -0.15) is 5.26 Å². The molecule has 0 spiro atoms. The van der Waals surface area contributed by atoms with Crippen molar-refractivity contribution in [3.63, 3.8) is 0 Å². The minimum atomic E-state index is -2.85. The summed E-state index contributed by atoms with van der Waals surface area (Å²) < 4.78 is 22.7. The number of likely N-dealkylation sites (N-methyl/N-ethyl adjacent to an activating group) is 1. The minimum absolute atomic E-state index is 0.0600. The second kappa shape index (κ2) is 5.80. The van der Waals surface area contributed by atoms with Crippen molar-refractivity contribution in [2.75, 3.05) is 25.1 Å². The Bertz CT molecular complexity index is 386. The van der Waals surface area contributed by atoms with E-state index in [4.69, 9.17) is 5.26 Å². The molecule has 0 aromatic rings. The molecule has 2 atom stereocenters.